The Hall–Kier alpha value is -1.67. The summed E-state index contributed by atoms with van der Waals surface area (Å²) in [6.07, 6.45) is -0.178. The van der Waals surface area contributed by atoms with Crippen LogP contribution in [0.3, 0.4) is 0 Å². The maximum Gasteiger partial charge on any atom is 0.324 e. The molecule has 0 aliphatic rings. The van der Waals surface area contributed by atoms with Gasteiger partial charge in [0.1, 0.15) is 6.10 Å². The number of anilines is 1. The molecule has 0 aliphatic heterocycles. The van der Waals surface area contributed by atoms with Crippen molar-refractivity contribution >= 4 is 5.95 Å². The Labute approximate surface area is 93.1 Å². The Morgan fingerprint density at radius 2 is 1.94 bits per heavy atom. The summed E-state index contributed by atoms with van der Waals surface area (Å²) < 4.78 is 15.2. The molecule has 1 rings (SSSR count). The van der Waals surface area contributed by atoms with Crippen molar-refractivity contribution < 1.29 is 14.2 Å². The number of nitrogen functional groups attached to an aromatic ring is 1. The molecule has 1 atom stereocenters. The Morgan fingerprint density at radius 1 is 1.25 bits per heavy atom. The van der Waals surface area contributed by atoms with Crippen molar-refractivity contribution in [1.82, 2.24) is 15.0 Å². The van der Waals surface area contributed by atoms with Crippen LogP contribution in [0.2, 0.25) is 0 Å². The molecule has 1 heterocycles. The normalized spacial score (nSPS) is 12.0. The van der Waals surface area contributed by atoms with E-state index in [-0.39, 0.29) is 24.1 Å². The van der Waals surface area contributed by atoms with Crippen LogP contribution in [0.4, 0.5) is 5.95 Å². The SMILES string of the molecule is COCC(C)Oc1nc(NN)nc(OC)n1. The van der Waals surface area contributed by atoms with E-state index in [4.69, 9.17) is 20.1 Å². The Kier molecular flexibility index (Phi) is 4.67. The number of aromatic nitrogens is 3. The highest BCUT2D eigenvalue weighted by Gasteiger charge is 2.10. The van der Waals surface area contributed by atoms with E-state index >= 15 is 0 Å². The van der Waals surface area contributed by atoms with Gasteiger partial charge in [0.25, 0.3) is 0 Å². The number of hydrogen-bond acceptors (Lipinski definition) is 8. The molecule has 8 heteroatoms. The van der Waals surface area contributed by atoms with Crippen LogP contribution in [0.5, 0.6) is 12.0 Å². The minimum absolute atomic E-state index is 0.127. The highest BCUT2D eigenvalue weighted by atomic mass is 16.5. The average Bonchev–Trinajstić information content (AvgIpc) is 2.28. The van der Waals surface area contributed by atoms with E-state index in [1.54, 1.807) is 7.11 Å². The van der Waals surface area contributed by atoms with Gasteiger partial charge in [0.2, 0.25) is 5.95 Å². The zero-order valence-electron chi connectivity index (χ0n) is 9.43. The van der Waals surface area contributed by atoms with Gasteiger partial charge in [-0.15, -0.1) is 4.98 Å². The fourth-order valence-electron chi connectivity index (χ4n) is 0.995. The monoisotopic (exact) mass is 229 g/mol. The maximum absolute atomic E-state index is 5.38. The second kappa shape index (κ2) is 6.03. The first-order valence-electron chi connectivity index (χ1n) is 4.62. The van der Waals surface area contributed by atoms with Gasteiger partial charge in [-0.1, -0.05) is 0 Å². The molecule has 16 heavy (non-hydrogen) atoms. The average molecular weight is 229 g/mol. The summed E-state index contributed by atoms with van der Waals surface area (Å²) in [5, 5.41) is 0. The molecule has 0 aliphatic carbocycles. The molecule has 0 spiro atoms. The number of methoxy groups -OCH3 is 2. The first-order valence-corrected chi connectivity index (χ1v) is 4.62. The molecule has 3 N–H and O–H groups in total. The summed E-state index contributed by atoms with van der Waals surface area (Å²) in [5.74, 6) is 5.37. The van der Waals surface area contributed by atoms with E-state index < -0.39 is 0 Å². The van der Waals surface area contributed by atoms with Crippen LogP contribution in [0.25, 0.3) is 0 Å². The second-order valence-corrected chi connectivity index (χ2v) is 2.96. The molecule has 1 aromatic rings. The van der Waals surface area contributed by atoms with Crippen LogP contribution in [0.1, 0.15) is 6.92 Å². The summed E-state index contributed by atoms with van der Waals surface area (Å²) in [6.45, 7) is 2.26. The van der Waals surface area contributed by atoms with Gasteiger partial charge in [0, 0.05) is 7.11 Å². The predicted octanol–water partition coefficient (Wildman–Crippen LogP) is -0.420. The predicted molar refractivity (Wildman–Crippen MR) is 56.2 cm³/mol. The third-order valence-corrected chi connectivity index (χ3v) is 1.61. The second-order valence-electron chi connectivity index (χ2n) is 2.96. The summed E-state index contributed by atoms with van der Waals surface area (Å²) in [4.78, 5) is 11.6. The van der Waals surface area contributed by atoms with Gasteiger partial charge in [-0.2, -0.15) is 9.97 Å². The first kappa shape index (κ1) is 12.4. The van der Waals surface area contributed by atoms with Crippen molar-refractivity contribution in [1.29, 1.82) is 0 Å². The number of rotatable bonds is 6. The van der Waals surface area contributed by atoms with E-state index in [2.05, 4.69) is 20.4 Å². The minimum atomic E-state index is -0.178. The van der Waals surface area contributed by atoms with Crippen molar-refractivity contribution in [3.05, 3.63) is 0 Å². The lowest BCUT2D eigenvalue weighted by molar-refractivity contribution is 0.0848. The van der Waals surface area contributed by atoms with E-state index in [1.807, 2.05) is 6.92 Å². The van der Waals surface area contributed by atoms with Crippen molar-refractivity contribution in [2.24, 2.45) is 5.84 Å². The van der Waals surface area contributed by atoms with Crippen molar-refractivity contribution in [3.63, 3.8) is 0 Å². The van der Waals surface area contributed by atoms with Gasteiger partial charge in [-0.05, 0) is 6.92 Å². The highest BCUT2D eigenvalue weighted by Crippen LogP contribution is 2.12. The van der Waals surface area contributed by atoms with Crippen LogP contribution < -0.4 is 20.7 Å². The molecule has 0 saturated carbocycles. The number of nitrogens with zero attached hydrogens (tertiary/aromatic N) is 3. The molecule has 0 saturated heterocycles. The topological polar surface area (TPSA) is 104 Å². The Bertz CT molecular complexity index is 313. The van der Waals surface area contributed by atoms with E-state index in [1.165, 1.54) is 7.11 Å². The van der Waals surface area contributed by atoms with Crippen LogP contribution >= 0.6 is 0 Å². The molecule has 0 amide bonds. The van der Waals surface area contributed by atoms with Crippen molar-refractivity contribution in [3.8, 4) is 12.0 Å². The van der Waals surface area contributed by atoms with Gasteiger partial charge in [-0.3, -0.25) is 5.43 Å². The van der Waals surface area contributed by atoms with E-state index in [9.17, 15) is 0 Å². The van der Waals surface area contributed by atoms with Crippen LogP contribution in [-0.2, 0) is 4.74 Å². The summed E-state index contributed by atoms with van der Waals surface area (Å²) in [7, 11) is 3.03. The third-order valence-electron chi connectivity index (χ3n) is 1.61. The maximum atomic E-state index is 5.38. The molecule has 1 aromatic heterocycles. The molecular weight excluding hydrogens is 214 g/mol. The molecule has 90 valence electrons. The van der Waals surface area contributed by atoms with Gasteiger partial charge in [-0.25, -0.2) is 5.84 Å². The molecule has 0 radical (unpaired) electrons. The smallest absolute Gasteiger partial charge is 0.324 e. The Morgan fingerprint density at radius 3 is 2.50 bits per heavy atom. The Balaban J connectivity index is 2.78. The standard InChI is InChI=1S/C8H15N5O3/c1-5(4-14-2)16-8-11-6(13-9)10-7(12-8)15-3/h5H,4,9H2,1-3H3,(H,10,11,12,13). The number of ether oxygens (including phenoxy) is 3. The lowest BCUT2D eigenvalue weighted by Crippen LogP contribution is -2.20. The fourth-order valence-corrected chi connectivity index (χ4v) is 0.995. The van der Waals surface area contributed by atoms with Crippen LogP contribution in [-0.4, -0.2) is 41.9 Å². The lowest BCUT2D eigenvalue weighted by atomic mass is 10.4. The summed E-state index contributed by atoms with van der Waals surface area (Å²) >= 11 is 0. The number of hydrogen-bond donors (Lipinski definition) is 2. The zero-order chi connectivity index (χ0) is 12.0. The number of nitrogens with two attached hydrogens (primary N) is 1. The first-order chi connectivity index (χ1) is 7.69. The molecular formula is C8H15N5O3. The van der Waals surface area contributed by atoms with E-state index in [0.717, 1.165) is 0 Å². The van der Waals surface area contributed by atoms with Gasteiger partial charge in [0.05, 0.1) is 13.7 Å². The number of nitrogens with one attached hydrogen (secondary N) is 1. The fraction of sp³-hybridized carbons (Fsp3) is 0.625. The lowest BCUT2D eigenvalue weighted by Gasteiger charge is -2.12. The quantitative estimate of drug-likeness (QED) is 0.500. The third kappa shape index (κ3) is 3.48. The van der Waals surface area contributed by atoms with Gasteiger partial charge < -0.3 is 14.2 Å². The van der Waals surface area contributed by atoms with Gasteiger partial charge >= 0.3 is 12.0 Å². The molecule has 0 fully saturated rings. The van der Waals surface area contributed by atoms with E-state index in [0.29, 0.717) is 6.61 Å². The molecule has 0 bridgehead atoms. The van der Waals surface area contributed by atoms with Crippen LogP contribution in [0, 0.1) is 0 Å². The zero-order valence-corrected chi connectivity index (χ0v) is 9.43. The molecule has 1 unspecified atom stereocenters. The molecule has 0 aromatic carbocycles. The summed E-state index contributed by atoms with van der Waals surface area (Å²) in [5.41, 5.74) is 2.29. The summed E-state index contributed by atoms with van der Waals surface area (Å²) in [6, 6.07) is 0.256. The minimum Gasteiger partial charge on any atom is -0.467 e. The highest BCUT2D eigenvalue weighted by molar-refractivity contribution is 5.25. The van der Waals surface area contributed by atoms with Crippen molar-refractivity contribution in [2.45, 2.75) is 13.0 Å². The molecule has 8 nitrogen and oxygen atoms in total. The van der Waals surface area contributed by atoms with Crippen molar-refractivity contribution in [2.75, 3.05) is 26.3 Å². The van der Waals surface area contributed by atoms with Crippen LogP contribution in [0.15, 0.2) is 0 Å². The van der Waals surface area contributed by atoms with Gasteiger partial charge in [0.15, 0.2) is 0 Å². The number of hydrazine groups is 1. The largest absolute Gasteiger partial charge is 0.467 e.